The SMILES string of the molecule is CC(c1csc(Cl)c1)N1CCC2CCC(C1)N2. The zero-order valence-corrected chi connectivity index (χ0v) is 11.7. The van der Waals surface area contributed by atoms with Gasteiger partial charge in [-0.1, -0.05) is 11.6 Å². The van der Waals surface area contributed by atoms with Crippen molar-refractivity contribution >= 4 is 22.9 Å². The molecule has 94 valence electrons. The van der Waals surface area contributed by atoms with E-state index in [0.29, 0.717) is 12.1 Å². The van der Waals surface area contributed by atoms with Gasteiger partial charge >= 0.3 is 0 Å². The molecule has 2 aliphatic heterocycles. The highest BCUT2D eigenvalue weighted by Crippen LogP contribution is 2.31. The van der Waals surface area contributed by atoms with E-state index in [1.807, 2.05) is 0 Å². The van der Waals surface area contributed by atoms with Crippen LogP contribution in [0, 0.1) is 0 Å². The van der Waals surface area contributed by atoms with E-state index >= 15 is 0 Å². The van der Waals surface area contributed by atoms with Gasteiger partial charge in [0.05, 0.1) is 4.34 Å². The molecular formula is C13H19ClN2S. The zero-order chi connectivity index (χ0) is 11.8. The van der Waals surface area contributed by atoms with Gasteiger partial charge < -0.3 is 5.32 Å². The highest BCUT2D eigenvalue weighted by atomic mass is 35.5. The molecule has 2 bridgehead atoms. The van der Waals surface area contributed by atoms with E-state index in [-0.39, 0.29) is 0 Å². The first-order valence-electron chi connectivity index (χ1n) is 6.46. The van der Waals surface area contributed by atoms with Crippen LogP contribution in [0.1, 0.15) is 37.8 Å². The van der Waals surface area contributed by atoms with Crippen LogP contribution in [0.25, 0.3) is 0 Å². The molecule has 2 fully saturated rings. The summed E-state index contributed by atoms with van der Waals surface area (Å²) in [6, 6.07) is 4.09. The fraction of sp³-hybridized carbons (Fsp3) is 0.692. The number of thiophene rings is 1. The lowest BCUT2D eigenvalue weighted by atomic mass is 10.1. The molecule has 1 aromatic rings. The molecule has 3 rings (SSSR count). The lowest BCUT2D eigenvalue weighted by molar-refractivity contribution is 0.200. The van der Waals surface area contributed by atoms with Crippen molar-refractivity contribution in [3.05, 3.63) is 21.3 Å². The summed E-state index contributed by atoms with van der Waals surface area (Å²) in [5.74, 6) is 0. The van der Waals surface area contributed by atoms with Gasteiger partial charge in [-0.3, -0.25) is 4.90 Å². The van der Waals surface area contributed by atoms with Gasteiger partial charge in [0.25, 0.3) is 0 Å². The summed E-state index contributed by atoms with van der Waals surface area (Å²) in [5, 5.41) is 5.93. The molecule has 3 atom stereocenters. The van der Waals surface area contributed by atoms with Crippen LogP contribution in [0.15, 0.2) is 11.4 Å². The van der Waals surface area contributed by atoms with Crippen LogP contribution in [0.4, 0.5) is 0 Å². The summed E-state index contributed by atoms with van der Waals surface area (Å²) in [5.41, 5.74) is 1.37. The first-order chi connectivity index (χ1) is 8.22. The monoisotopic (exact) mass is 270 g/mol. The number of nitrogens with zero attached hydrogens (tertiary/aromatic N) is 1. The maximum atomic E-state index is 6.03. The van der Waals surface area contributed by atoms with E-state index in [9.17, 15) is 0 Å². The lowest BCUT2D eigenvalue weighted by Gasteiger charge is -2.29. The molecule has 0 radical (unpaired) electrons. The van der Waals surface area contributed by atoms with Gasteiger partial charge in [0, 0.05) is 31.2 Å². The summed E-state index contributed by atoms with van der Waals surface area (Å²) in [6.45, 7) is 4.70. The molecule has 0 aliphatic carbocycles. The van der Waals surface area contributed by atoms with Crippen LogP contribution in [0.3, 0.4) is 0 Å². The molecular weight excluding hydrogens is 252 g/mol. The molecule has 4 heteroatoms. The van der Waals surface area contributed by atoms with E-state index in [0.717, 1.165) is 10.4 Å². The Hall–Kier alpha value is -0.0900. The normalized spacial score (nSPS) is 31.4. The summed E-state index contributed by atoms with van der Waals surface area (Å²) < 4.78 is 0.904. The maximum absolute atomic E-state index is 6.03. The lowest BCUT2D eigenvalue weighted by Crippen LogP contribution is -2.36. The molecule has 2 nitrogen and oxygen atoms in total. The molecule has 0 amide bonds. The third kappa shape index (κ3) is 2.53. The minimum absolute atomic E-state index is 0.500. The van der Waals surface area contributed by atoms with Gasteiger partial charge in [-0.2, -0.15) is 0 Å². The molecule has 0 saturated carbocycles. The van der Waals surface area contributed by atoms with Crippen molar-refractivity contribution < 1.29 is 0 Å². The molecule has 3 unspecified atom stereocenters. The molecule has 0 aromatic carbocycles. The molecule has 1 N–H and O–H groups in total. The minimum Gasteiger partial charge on any atom is -0.310 e. The number of rotatable bonds is 2. The Morgan fingerprint density at radius 1 is 1.41 bits per heavy atom. The number of nitrogens with one attached hydrogen (secondary N) is 1. The van der Waals surface area contributed by atoms with E-state index < -0.39 is 0 Å². The van der Waals surface area contributed by atoms with Gasteiger partial charge in [0.15, 0.2) is 0 Å². The second kappa shape index (κ2) is 4.88. The summed E-state index contributed by atoms with van der Waals surface area (Å²) in [7, 11) is 0. The topological polar surface area (TPSA) is 15.3 Å². The molecule has 2 saturated heterocycles. The third-order valence-corrected chi connectivity index (χ3v) is 5.28. The highest BCUT2D eigenvalue weighted by molar-refractivity contribution is 7.14. The average Bonchev–Trinajstić information content (AvgIpc) is 2.84. The zero-order valence-electron chi connectivity index (χ0n) is 10.2. The molecule has 17 heavy (non-hydrogen) atoms. The number of hydrogen-bond donors (Lipinski definition) is 1. The first-order valence-corrected chi connectivity index (χ1v) is 7.72. The van der Waals surface area contributed by atoms with Crippen LogP contribution in [-0.2, 0) is 0 Å². The molecule has 1 aromatic heterocycles. The first kappa shape index (κ1) is 12.0. The Labute approximate surface area is 112 Å². The van der Waals surface area contributed by atoms with Crippen molar-refractivity contribution in [3.8, 4) is 0 Å². The van der Waals surface area contributed by atoms with Crippen molar-refractivity contribution in [1.82, 2.24) is 10.2 Å². The fourth-order valence-corrected chi connectivity index (χ4v) is 4.05. The van der Waals surface area contributed by atoms with Crippen LogP contribution in [-0.4, -0.2) is 30.1 Å². The summed E-state index contributed by atoms with van der Waals surface area (Å²) in [6.07, 6.45) is 4.01. The Morgan fingerprint density at radius 2 is 2.24 bits per heavy atom. The largest absolute Gasteiger partial charge is 0.310 e. The van der Waals surface area contributed by atoms with Crippen molar-refractivity contribution in [1.29, 1.82) is 0 Å². The van der Waals surface area contributed by atoms with Crippen molar-refractivity contribution in [2.24, 2.45) is 0 Å². The van der Waals surface area contributed by atoms with Gasteiger partial charge in [-0.25, -0.2) is 0 Å². The Bertz CT molecular complexity index is 393. The van der Waals surface area contributed by atoms with Crippen molar-refractivity contribution in [2.45, 2.75) is 44.3 Å². The van der Waals surface area contributed by atoms with Gasteiger partial charge in [0.2, 0.25) is 0 Å². The van der Waals surface area contributed by atoms with Crippen LogP contribution in [0.5, 0.6) is 0 Å². The van der Waals surface area contributed by atoms with Crippen molar-refractivity contribution in [2.75, 3.05) is 13.1 Å². The Balaban J connectivity index is 1.71. The molecule has 0 spiro atoms. The third-order valence-electron chi connectivity index (χ3n) is 4.17. The standard InChI is InChI=1S/C13H19ClN2S/c1-9(10-6-13(14)17-8-10)16-5-4-11-2-3-12(7-16)15-11/h6,8-9,11-12,15H,2-5,7H2,1H3. The summed E-state index contributed by atoms with van der Waals surface area (Å²) in [4.78, 5) is 2.61. The predicted octanol–water partition coefficient (Wildman–Crippen LogP) is 3.29. The quantitative estimate of drug-likeness (QED) is 0.887. The average molecular weight is 271 g/mol. The van der Waals surface area contributed by atoms with Gasteiger partial charge in [0.1, 0.15) is 0 Å². The van der Waals surface area contributed by atoms with Gasteiger partial charge in [-0.15, -0.1) is 11.3 Å². The number of fused-ring (bicyclic) bond motifs is 2. The Morgan fingerprint density at radius 3 is 3.00 bits per heavy atom. The van der Waals surface area contributed by atoms with Crippen molar-refractivity contribution in [3.63, 3.8) is 0 Å². The second-order valence-electron chi connectivity index (χ2n) is 5.28. The molecule has 2 aliphatic rings. The maximum Gasteiger partial charge on any atom is 0.0931 e. The Kier molecular flexibility index (Phi) is 3.44. The van der Waals surface area contributed by atoms with E-state index in [2.05, 4.69) is 28.6 Å². The van der Waals surface area contributed by atoms with Gasteiger partial charge in [-0.05, 0) is 43.2 Å². The van der Waals surface area contributed by atoms with E-state index in [4.69, 9.17) is 11.6 Å². The van der Waals surface area contributed by atoms with Crippen LogP contribution >= 0.6 is 22.9 Å². The number of hydrogen-bond acceptors (Lipinski definition) is 3. The second-order valence-corrected chi connectivity index (χ2v) is 6.82. The highest BCUT2D eigenvalue weighted by Gasteiger charge is 2.31. The fourth-order valence-electron chi connectivity index (χ4n) is 3.08. The predicted molar refractivity (Wildman–Crippen MR) is 73.9 cm³/mol. The van der Waals surface area contributed by atoms with E-state index in [1.54, 1.807) is 11.3 Å². The smallest absolute Gasteiger partial charge is 0.0931 e. The van der Waals surface area contributed by atoms with Crippen LogP contribution < -0.4 is 5.32 Å². The number of likely N-dealkylation sites (tertiary alicyclic amines) is 1. The van der Waals surface area contributed by atoms with E-state index in [1.165, 1.54) is 37.9 Å². The number of halogens is 1. The minimum atomic E-state index is 0.500. The van der Waals surface area contributed by atoms with Crippen LogP contribution in [0.2, 0.25) is 4.34 Å². The summed E-state index contributed by atoms with van der Waals surface area (Å²) >= 11 is 7.67. The molecule has 3 heterocycles.